The van der Waals surface area contributed by atoms with Crippen LogP contribution in [0.5, 0.6) is 0 Å². The Morgan fingerprint density at radius 3 is 2.41 bits per heavy atom. The van der Waals surface area contributed by atoms with Crippen LogP contribution in [0, 0.1) is 0 Å². The first-order valence-electron chi connectivity index (χ1n) is 5.46. The van der Waals surface area contributed by atoms with Crippen LogP contribution in [-0.4, -0.2) is 19.8 Å². The monoisotopic (exact) mass is 250 g/mol. The minimum absolute atomic E-state index is 0.131. The minimum Gasteiger partial charge on any atom is -0.246 e. The first-order chi connectivity index (χ1) is 8.10. The summed E-state index contributed by atoms with van der Waals surface area (Å²) in [5, 5.41) is 0.701. The van der Waals surface area contributed by atoms with Crippen LogP contribution >= 0.6 is 0 Å². The second kappa shape index (κ2) is 3.53. The highest BCUT2D eigenvalue weighted by Crippen LogP contribution is 2.38. The van der Waals surface area contributed by atoms with E-state index in [-0.39, 0.29) is 11.3 Å². The summed E-state index contributed by atoms with van der Waals surface area (Å²) in [4.78, 5) is 0.251. The Hall–Kier alpha value is -1.42. The van der Waals surface area contributed by atoms with Gasteiger partial charge in [0.05, 0.1) is 10.1 Å². The molecule has 0 heterocycles. The largest absolute Gasteiger partial charge is 0.246 e. The van der Waals surface area contributed by atoms with Crippen LogP contribution < -0.4 is 0 Å². The van der Waals surface area contributed by atoms with Crippen molar-refractivity contribution in [1.29, 1.82) is 0 Å². The van der Waals surface area contributed by atoms with Crippen LogP contribution in [0.25, 0.3) is 10.8 Å². The SMILES string of the molecule is O=S(=O)(c1cccc2ccccc12)[C@@H]1C[C@H]1F. The van der Waals surface area contributed by atoms with Crippen molar-refractivity contribution < 1.29 is 12.8 Å². The van der Waals surface area contributed by atoms with Crippen LogP contribution in [0.2, 0.25) is 0 Å². The van der Waals surface area contributed by atoms with Crippen LogP contribution in [0.3, 0.4) is 0 Å². The first kappa shape index (κ1) is 10.7. The van der Waals surface area contributed by atoms with Crippen molar-refractivity contribution >= 4 is 20.6 Å². The van der Waals surface area contributed by atoms with Crippen molar-refractivity contribution in [3.8, 4) is 0 Å². The van der Waals surface area contributed by atoms with Crippen molar-refractivity contribution in [2.45, 2.75) is 22.7 Å². The molecule has 0 aromatic heterocycles. The second-order valence-electron chi connectivity index (χ2n) is 4.31. The Morgan fingerprint density at radius 1 is 1.06 bits per heavy atom. The van der Waals surface area contributed by atoms with Crippen molar-refractivity contribution in [2.75, 3.05) is 0 Å². The predicted molar refractivity (Wildman–Crippen MR) is 64.4 cm³/mol. The van der Waals surface area contributed by atoms with Gasteiger partial charge in [-0.05, 0) is 17.9 Å². The summed E-state index contributed by atoms with van der Waals surface area (Å²) in [5.41, 5.74) is 0. The molecular formula is C13H11FO2S. The van der Waals surface area contributed by atoms with Gasteiger partial charge >= 0.3 is 0 Å². The highest BCUT2D eigenvalue weighted by atomic mass is 32.2. The summed E-state index contributed by atoms with van der Waals surface area (Å²) in [5.74, 6) is 0. The number of hydrogen-bond donors (Lipinski definition) is 0. The number of benzene rings is 2. The highest BCUT2D eigenvalue weighted by molar-refractivity contribution is 7.92. The summed E-state index contributed by atoms with van der Waals surface area (Å²) in [6, 6.07) is 12.4. The molecule has 2 atom stereocenters. The molecule has 0 bridgehead atoms. The number of hydrogen-bond acceptors (Lipinski definition) is 2. The molecule has 17 heavy (non-hydrogen) atoms. The van der Waals surface area contributed by atoms with Gasteiger partial charge in [-0.25, -0.2) is 12.8 Å². The van der Waals surface area contributed by atoms with Gasteiger partial charge in [-0.15, -0.1) is 0 Å². The van der Waals surface area contributed by atoms with E-state index in [2.05, 4.69) is 0 Å². The van der Waals surface area contributed by atoms with Gasteiger partial charge in [0.1, 0.15) is 6.17 Å². The van der Waals surface area contributed by atoms with E-state index in [9.17, 15) is 12.8 Å². The van der Waals surface area contributed by atoms with Gasteiger partial charge in [0.2, 0.25) is 0 Å². The third-order valence-electron chi connectivity index (χ3n) is 3.11. The lowest BCUT2D eigenvalue weighted by Gasteiger charge is -2.06. The summed E-state index contributed by atoms with van der Waals surface area (Å²) in [6.07, 6.45) is -1.06. The summed E-state index contributed by atoms with van der Waals surface area (Å²) < 4.78 is 37.3. The average molecular weight is 250 g/mol. The fourth-order valence-electron chi connectivity index (χ4n) is 2.07. The van der Waals surface area contributed by atoms with E-state index in [0.29, 0.717) is 5.39 Å². The fourth-order valence-corrected chi connectivity index (χ4v) is 3.98. The molecule has 88 valence electrons. The van der Waals surface area contributed by atoms with E-state index >= 15 is 0 Å². The number of alkyl halides is 1. The maximum Gasteiger partial charge on any atom is 0.184 e. The van der Waals surface area contributed by atoms with Gasteiger partial charge in [0.15, 0.2) is 9.84 Å². The lowest BCUT2D eigenvalue weighted by Crippen LogP contribution is -2.10. The van der Waals surface area contributed by atoms with Crippen molar-refractivity contribution in [2.24, 2.45) is 0 Å². The zero-order valence-corrected chi connectivity index (χ0v) is 9.82. The van der Waals surface area contributed by atoms with Crippen LogP contribution in [0.15, 0.2) is 47.4 Å². The third-order valence-corrected chi connectivity index (χ3v) is 5.37. The zero-order valence-electron chi connectivity index (χ0n) is 9.01. The van der Waals surface area contributed by atoms with Crippen molar-refractivity contribution in [3.05, 3.63) is 42.5 Å². The van der Waals surface area contributed by atoms with Gasteiger partial charge in [-0.3, -0.25) is 0 Å². The van der Waals surface area contributed by atoms with E-state index in [1.165, 1.54) is 0 Å². The molecule has 2 nitrogen and oxygen atoms in total. The molecule has 0 amide bonds. The zero-order chi connectivity index (χ0) is 12.0. The third kappa shape index (κ3) is 1.63. The molecule has 0 aliphatic heterocycles. The lowest BCUT2D eigenvalue weighted by atomic mass is 10.1. The predicted octanol–water partition coefficient (Wildman–Crippen LogP) is 2.72. The molecule has 1 fully saturated rings. The molecule has 0 N–H and O–H groups in total. The molecule has 0 saturated heterocycles. The van der Waals surface area contributed by atoms with Crippen LogP contribution in [0.1, 0.15) is 6.42 Å². The average Bonchev–Trinajstić information content (AvgIpc) is 3.06. The molecule has 1 aliphatic rings. The molecule has 1 saturated carbocycles. The number of fused-ring (bicyclic) bond motifs is 1. The molecule has 4 heteroatoms. The molecule has 3 rings (SSSR count). The van der Waals surface area contributed by atoms with E-state index in [1.807, 2.05) is 18.2 Å². The molecule has 1 aliphatic carbocycles. The van der Waals surface area contributed by atoms with Gasteiger partial charge in [-0.1, -0.05) is 36.4 Å². The van der Waals surface area contributed by atoms with Crippen molar-refractivity contribution in [1.82, 2.24) is 0 Å². The molecule has 2 aromatic rings. The fraction of sp³-hybridized carbons (Fsp3) is 0.231. The Bertz CT molecular complexity index is 673. The molecular weight excluding hydrogens is 239 g/mol. The normalized spacial score (nSPS) is 23.8. The molecule has 0 radical (unpaired) electrons. The Kier molecular flexibility index (Phi) is 2.23. The number of rotatable bonds is 2. The van der Waals surface area contributed by atoms with E-state index < -0.39 is 21.3 Å². The summed E-state index contributed by atoms with van der Waals surface area (Å²) >= 11 is 0. The van der Waals surface area contributed by atoms with Crippen LogP contribution in [-0.2, 0) is 9.84 Å². The van der Waals surface area contributed by atoms with Gasteiger partial charge in [0, 0.05) is 5.39 Å². The van der Waals surface area contributed by atoms with Gasteiger partial charge in [-0.2, -0.15) is 0 Å². The maximum atomic E-state index is 13.0. The van der Waals surface area contributed by atoms with E-state index in [0.717, 1.165) is 5.39 Å². The Balaban J connectivity index is 2.24. The standard InChI is InChI=1S/C13H11FO2S/c14-11-8-13(11)17(15,16)12-7-3-5-9-4-1-2-6-10(9)12/h1-7,11,13H,8H2/t11-,13-/m1/s1. The lowest BCUT2D eigenvalue weighted by molar-refractivity contribution is 0.477. The molecule has 0 spiro atoms. The van der Waals surface area contributed by atoms with E-state index in [4.69, 9.17) is 0 Å². The minimum atomic E-state index is -3.52. The van der Waals surface area contributed by atoms with Gasteiger partial charge in [0.25, 0.3) is 0 Å². The second-order valence-corrected chi connectivity index (χ2v) is 6.45. The maximum absolute atomic E-state index is 13.0. The van der Waals surface area contributed by atoms with Crippen LogP contribution in [0.4, 0.5) is 4.39 Å². The smallest absolute Gasteiger partial charge is 0.184 e. The summed E-state index contributed by atoms with van der Waals surface area (Å²) in [7, 11) is -3.52. The number of halogens is 1. The Morgan fingerprint density at radius 2 is 1.71 bits per heavy atom. The molecule has 0 unspecified atom stereocenters. The summed E-state index contributed by atoms with van der Waals surface area (Å²) in [6.45, 7) is 0. The first-order valence-corrected chi connectivity index (χ1v) is 7.01. The van der Waals surface area contributed by atoms with Gasteiger partial charge < -0.3 is 0 Å². The quantitative estimate of drug-likeness (QED) is 0.821. The Labute approximate surface area is 99.0 Å². The topological polar surface area (TPSA) is 34.1 Å². The highest BCUT2D eigenvalue weighted by Gasteiger charge is 2.49. The van der Waals surface area contributed by atoms with Crippen molar-refractivity contribution in [3.63, 3.8) is 0 Å². The number of sulfone groups is 1. The molecule has 2 aromatic carbocycles. The van der Waals surface area contributed by atoms with E-state index in [1.54, 1.807) is 24.3 Å².